The second kappa shape index (κ2) is 6.91. The Labute approximate surface area is 121 Å². The fourth-order valence-corrected chi connectivity index (χ4v) is 3.02. The Morgan fingerprint density at radius 1 is 1.16 bits per heavy atom. The maximum atomic E-state index is 13.7. The highest BCUT2D eigenvalue weighted by Crippen LogP contribution is 2.30. The minimum Gasteiger partial charge on any atom is -0.271 e. The molecule has 0 aliphatic carbocycles. The van der Waals surface area contributed by atoms with Gasteiger partial charge in [0.15, 0.2) is 0 Å². The summed E-state index contributed by atoms with van der Waals surface area (Å²) in [5.74, 6) is 5.85. The molecule has 0 aromatic heterocycles. The summed E-state index contributed by atoms with van der Waals surface area (Å²) < 4.78 is 13.7. The molecule has 2 aromatic carbocycles. The topological polar surface area (TPSA) is 38.0 Å². The molecule has 100 valence electrons. The molecule has 0 aliphatic heterocycles. The minimum atomic E-state index is -0.262. The third kappa shape index (κ3) is 3.70. The summed E-state index contributed by atoms with van der Waals surface area (Å²) in [6.07, 6.45) is 0. The van der Waals surface area contributed by atoms with Crippen molar-refractivity contribution in [3.63, 3.8) is 0 Å². The summed E-state index contributed by atoms with van der Waals surface area (Å²) in [5, 5.41) is 0.691. The molecule has 1 unspecified atom stereocenters. The summed E-state index contributed by atoms with van der Waals surface area (Å²) in [5.41, 5.74) is 3.20. The van der Waals surface area contributed by atoms with Crippen molar-refractivity contribution < 1.29 is 4.39 Å². The molecule has 0 aliphatic rings. The maximum Gasteiger partial charge on any atom is 0.128 e. The number of rotatable bonds is 5. The summed E-state index contributed by atoms with van der Waals surface area (Å²) in [4.78, 5) is 0.959. The quantitative estimate of drug-likeness (QED) is 0.501. The summed E-state index contributed by atoms with van der Waals surface area (Å²) >= 11 is 7.62. The van der Waals surface area contributed by atoms with Crippen molar-refractivity contribution >= 4 is 23.4 Å². The molecule has 0 bridgehead atoms. The number of benzene rings is 2. The van der Waals surface area contributed by atoms with Crippen molar-refractivity contribution in [1.82, 2.24) is 5.43 Å². The van der Waals surface area contributed by atoms with Crippen LogP contribution in [0, 0.1) is 5.82 Å². The molecule has 5 heteroatoms. The van der Waals surface area contributed by atoms with Crippen LogP contribution in [-0.2, 0) is 0 Å². The Morgan fingerprint density at radius 3 is 2.53 bits per heavy atom. The SMILES string of the molecule is NNC(CSc1ccccc1Cl)c1ccccc1F. The molecule has 0 radical (unpaired) electrons. The Hall–Kier alpha value is -1.07. The Kier molecular flexibility index (Phi) is 5.22. The zero-order chi connectivity index (χ0) is 13.7. The van der Waals surface area contributed by atoms with E-state index < -0.39 is 0 Å². The predicted octanol–water partition coefficient (Wildman–Crippen LogP) is 3.78. The lowest BCUT2D eigenvalue weighted by atomic mass is 10.1. The van der Waals surface area contributed by atoms with Gasteiger partial charge < -0.3 is 0 Å². The predicted molar refractivity (Wildman–Crippen MR) is 78.6 cm³/mol. The second-order valence-corrected chi connectivity index (χ2v) is 5.45. The number of halogens is 2. The molecule has 0 heterocycles. The van der Waals surface area contributed by atoms with E-state index in [0.717, 1.165) is 4.90 Å². The van der Waals surface area contributed by atoms with Crippen LogP contribution >= 0.6 is 23.4 Å². The van der Waals surface area contributed by atoms with Gasteiger partial charge in [-0.3, -0.25) is 11.3 Å². The number of hydrogen-bond acceptors (Lipinski definition) is 3. The Balaban J connectivity index is 2.09. The average molecular weight is 297 g/mol. The van der Waals surface area contributed by atoms with E-state index in [0.29, 0.717) is 16.3 Å². The molecular formula is C14H14ClFN2S. The van der Waals surface area contributed by atoms with Gasteiger partial charge in [0, 0.05) is 16.2 Å². The Morgan fingerprint density at radius 2 is 1.84 bits per heavy atom. The zero-order valence-electron chi connectivity index (χ0n) is 10.1. The smallest absolute Gasteiger partial charge is 0.128 e. The highest BCUT2D eigenvalue weighted by molar-refractivity contribution is 7.99. The molecule has 3 N–H and O–H groups in total. The largest absolute Gasteiger partial charge is 0.271 e. The van der Waals surface area contributed by atoms with Crippen LogP contribution in [-0.4, -0.2) is 5.75 Å². The first-order chi connectivity index (χ1) is 9.22. The number of nitrogens with one attached hydrogen (secondary N) is 1. The number of hydrogen-bond donors (Lipinski definition) is 2. The van der Waals surface area contributed by atoms with Crippen molar-refractivity contribution in [1.29, 1.82) is 0 Å². The van der Waals surface area contributed by atoms with Crippen molar-refractivity contribution in [2.24, 2.45) is 5.84 Å². The summed E-state index contributed by atoms with van der Waals surface area (Å²) in [7, 11) is 0. The van der Waals surface area contributed by atoms with Gasteiger partial charge in [-0.15, -0.1) is 11.8 Å². The van der Waals surface area contributed by atoms with E-state index in [1.165, 1.54) is 6.07 Å². The average Bonchev–Trinajstić information content (AvgIpc) is 2.43. The summed E-state index contributed by atoms with van der Waals surface area (Å²) in [6, 6.07) is 13.9. The monoisotopic (exact) mass is 296 g/mol. The molecule has 0 fully saturated rings. The van der Waals surface area contributed by atoms with E-state index >= 15 is 0 Å². The molecule has 2 nitrogen and oxygen atoms in total. The fourth-order valence-electron chi connectivity index (χ4n) is 1.72. The molecular weight excluding hydrogens is 283 g/mol. The molecule has 2 rings (SSSR count). The Bertz CT molecular complexity index is 550. The van der Waals surface area contributed by atoms with Gasteiger partial charge in [-0.2, -0.15) is 0 Å². The first-order valence-electron chi connectivity index (χ1n) is 5.80. The molecule has 0 saturated heterocycles. The molecule has 0 saturated carbocycles. The van der Waals surface area contributed by atoms with E-state index in [9.17, 15) is 4.39 Å². The lowest BCUT2D eigenvalue weighted by Gasteiger charge is -2.16. The minimum absolute atomic E-state index is 0.259. The molecule has 0 spiro atoms. The second-order valence-electron chi connectivity index (χ2n) is 3.98. The first-order valence-corrected chi connectivity index (χ1v) is 7.16. The van der Waals surface area contributed by atoms with Gasteiger partial charge >= 0.3 is 0 Å². The van der Waals surface area contributed by atoms with E-state index in [1.807, 2.05) is 24.3 Å². The molecule has 2 aromatic rings. The number of nitrogens with two attached hydrogens (primary N) is 1. The van der Waals surface area contributed by atoms with Gasteiger partial charge in [0.2, 0.25) is 0 Å². The molecule has 1 atom stereocenters. The van der Waals surface area contributed by atoms with Crippen LogP contribution in [0.4, 0.5) is 4.39 Å². The van der Waals surface area contributed by atoms with Crippen molar-refractivity contribution in [2.45, 2.75) is 10.9 Å². The number of thioether (sulfide) groups is 1. The fraction of sp³-hybridized carbons (Fsp3) is 0.143. The zero-order valence-corrected chi connectivity index (χ0v) is 11.7. The van der Waals surface area contributed by atoms with Crippen LogP contribution < -0.4 is 11.3 Å². The van der Waals surface area contributed by atoms with Gasteiger partial charge in [-0.1, -0.05) is 41.9 Å². The lowest BCUT2D eigenvalue weighted by molar-refractivity contribution is 0.546. The van der Waals surface area contributed by atoms with Gasteiger partial charge in [-0.25, -0.2) is 4.39 Å². The maximum absolute atomic E-state index is 13.7. The number of hydrazine groups is 1. The van der Waals surface area contributed by atoms with E-state index in [-0.39, 0.29) is 11.9 Å². The van der Waals surface area contributed by atoms with Gasteiger partial charge in [-0.05, 0) is 18.2 Å². The van der Waals surface area contributed by atoms with Crippen LogP contribution in [0.3, 0.4) is 0 Å². The third-order valence-corrected chi connectivity index (χ3v) is 4.33. The van der Waals surface area contributed by atoms with Crippen molar-refractivity contribution in [2.75, 3.05) is 5.75 Å². The van der Waals surface area contributed by atoms with Gasteiger partial charge in [0.1, 0.15) is 5.82 Å². The lowest BCUT2D eigenvalue weighted by Crippen LogP contribution is -2.30. The summed E-state index contributed by atoms with van der Waals surface area (Å²) in [6.45, 7) is 0. The van der Waals surface area contributed by atoms with Crippen LogP contribution in [0.1, 0.15) is 11.6 Å². The van der Waals surface area contributed by atoms with Crippen LogP contribution in [0.5, 0.6) is 0 Å². The van der Waals surface area contributed by atoms with E-state index in [4.69, 9.17) is 17.4 Å². The van der Waals surface area contributed by atoms with E-state index in [1.54, 1.807) is 30.0 Å². The van der Waals surface area contributed by atoms with Crippen LogP contribution in [0.15, 0.2) is 53.4 Å². The highest BCUT2D eigenvalue weighted by atomic mass is 35.5. The normalized spacial score (nSPS) is 12.4. The van der Waals surface area contributed by atoms with Crippen LogP contribution in [0.25, 0.3) is 0 Å². The van der Waals surface area contributed by atoms with Crippen LogP contribution in [0.2, 0.25) is 5.02 Å². The molecule has 0 amide bonds. The molecule has 19 heavy (non-hydrogen) atoms. The highest BCUT2D eigenvalue weighted by Gasteiger charge is 2.14. The first kappa shape index (κ1) is 14.3. The van der Waals surface area contributed by atoms with Crippen molar-refractivity contribution in [3.8, 4) is 0 Å². The van der Waals surface area contributed by atoms with Crippen molar-refractivity contribution in [3.05, 3.63) is 64.9 Å². The van der Waals surface area contributed by atoms with Gasteiger partial charge in [0.25, 0.3) is 0 Å². The standard InChI is InChI=1S/C14H14ClFN2S/c15-11-6-2-4-8-14(11)19-9-13(18-17)10-5-1-3-7-12(10)16/h1-8,13,18H,9,17H2. The van der Waals surface area contributed by atoms with E-state index in [2.05, 4.69) is 5.43 Å². The van der Waals surface area contributed by atoms with Gasteiger partial charge in [0.05, 0.1) is 11.1 Å². The third-order valence-electron chi connectivity index (χ3n) is 2.72.